The molecule has 0 saturated carbocycles. The van der Waals surface area contributed by atoms with E-state index in [4.69, 9.17) is 10.4 Å². The average Bonchev–Trinajstić information content (AvgIpc) is 2.26. The lowest BCUT2D eigenvalue weighted by atomic mass is 10.0. The maximum absolute atomic E-state index is 11.4. The molecule has 5 heteroatoms. The van der Waals surface area contributed by atoms with Crippen molar-refractivity contribution in [2.75, 3.05) is 7.11 Å². The molecule has 0 amide bonds. The first-order chi connectivity index (χ1) is 7.13. The molecule has 0 heterocycles. The van der Waals surface area contributed by atoms with Crippen LogP contribution >= 0.6 is 12.6 Å². The number of hydrogen-bond acceptors (Lipinski definition) is 5. The molecule has 15 heavy (non-hydrogen) atoms. The van der Waals surface area contributed by atoms with Crippen LogP contribution in [0.3, 0.4) is 0 Å². The van der Waals surface area contributed by atoms with Gasteiger partial charge in [0, 0.05) is 4.90 Å². The third-order valence-corrected chi connectivity index (χ3v) is 2.14. The van der Waals surface area contributed by atoms with Crippen molar-refractivity contribution >= 4 is 18.6 Å². The van der Waals surface area contributed by atoms with E-state index in [2.05, 4.69) is 17.4 Å². The number of carbonyl (C=O) groups excluding carboxylic acids is 1. The maximum atomic E-state index is 11.4. The Bertz CT molecular complexity index is 437. The van der Waals surface area contributed by atoms with Crippen molar-refractivity contribution in [1.29, 1.82) is 5.26 Å². The van der Waals surface area contributed by atoms with E-state index in [1.54, 1.807) is 0 Å². The van der Waals surface area contributed by atoms with Crippen LogP contribution < -0.4 is 0 Å². The minimum absolute atomic E-state index is 0.0975. The van der Waals surface area contributed by atoms with Crippen LogP contribution in [0.25, 0.3) is 0 Å². The number of nitrogens with zero attached hydrogens (tertiary/aromatic N) is 1. The molecular weight excluding hydrogens is 214 g/mol. The summed E-state index contributed by atoms with van der Waals surface area (Å²) in [5.74, 6) is -0.635. The Kier molecular flexibility index (Phi) is 3.72. The number of rotatable bonds is 2. The Hall–Kier alpha value is -1.51. The number of aliphatic hydroxyl groups excluding tert-OH is 1. The second-order valence-corrected chi connectivity index (χ2v) is 3.31. The highest BCUT2D eigenvalue weighted by Crippen LogP contribution is 2.20. The standard InChI is InChI=1S/C10H9NO3S/c1-14-10(13)9-6(4-11)2-8(15)3-7(9)5-12/h2-3,12,15H,5H2,1H3. The van der Waals surface area contributed by atoms with Crippen molar-refractivity contribution in [3.63, 3.8) is 0 Å². The third-order valence-electron chi connectivity index (χ3n) is 1.89. The van der Waals surface area contributed by atoms with Crippen molar-refractivity contribution in [2.24, 2.45) is 0 Å². The molecule has 1 aromatic rings. The second kappa shape index (κ2) is 4.82. The van der Waals surface area contributed by atoms with Gasteiger partial charge in [-0.15, -0.1) is 12.6 Å². The first kappa shape index (κ1) is 11.6. The fourth-order valence-corrected chi connectivity index (χ4v) is 1.53. The summed E-state index contributed by atoms with van der Waals surface area (Å²) in [7, 11) is 1.22. The lowest BCUT2D eigenvalue weighted by Gasteiger charge is -2.08. The minimum Gasteiger partial charge on any atom is -0.465 e. The zero-order valence-electron chi connectivity index (χ0n) is 8.02. The van der Waals surface area contributed by atoms with Gasteiger partial charge in [-0.1, -0.05) is 0 Å². The molecule has 4 nitrogen and oxygen atoms in total. The molecule has 0 fully saturated rings. The maximum Gasteiger partial charge on any atom is 0.339 e. The van der Waals surface area contributed by atoms with Gasteiger partial charge < -0.3 is 9.84 Å². The van der Waals surface area contributed by atoms with Crippen LogP contribution in [0.2, 0.25) is 0 Å². The zero-order chi connectivity index (χ0) is 11.4. The van der Waals surface area contributed by atoms with E-state index in [0.29, 0.717) is 10.5 Å². The largest absolute Gasteiger partial charge is 0.465 e. The number of esters is 1. The van der Waals surface area contributed by atoms with Crippen molar-refractivity contribution in [2.45, 2.75) is 11.5 Å². The first-order valence-corrected chi connectivity index (χ1v) is 4.54. The third kappa shape index (κ3) is 2.29. The highest BCUT2D eigenvalue weighted by molar-refractivity contribution is 7.80. The molecule has 1 aromatic carbocycles. The van der Waals surface area contributed by atoms with Crippen LogP contribution in [0.5, 0.6) is 0 Å². The fraction of sp³-hybridized carbons (Fsp3) is 0.200. The van der Waals surface area contributed by atoms with Gasteiger partial charge in [0.1, 0.15) is 6.07 Å². The number of benzene rings is 1. The normalized spacial score (nSPS) is 9.47. The number of methoxy groups -OCH3 is 1. The predicted molar refractivity (Wildman–Crippen MR) is 55.7 cm³/mol. The van der Waals surface area contributed by atoms with E-state index in [9.17, 15) is 4.79 Å². The van der Waals surface area contributed by atoms with E-state index in [1.807, 2.05) is 6.07 Å². The molecule has 0 aliphatic rings. The van der Waals surface area contributed by atoms with Crippen LogP contribution in [0.4, 0.5) is 0 Å². The number of carbonyl (C=O) groups is 1. The van der Waals surface area contributed by atoms with Crippen LogP contribution in [0.15, 0.2) is 17.0 Å². The quantitative estimate of drug-likeness (QED) is 0.582. The van der Waals surface area contributed by atoms with Crippen LogP contribution in [-0.2, 0) is 11.3 Å². The topological polar surface area (TPSA) is 70.3 Å². The Morgan fingerprint density at radius 3 is 2.80 bits per heavy atom. The summed E-state index contributed by atoms with van der Waals surface area (Å²) in [6, 6.07) is 4.84. The van der Waals surface area contributed by atoms with Crippen molar-refractivity contribution < 1.29 is 14.6 Å². The van der Waals surface area contributed by atoms with E-state index in [-0.39, 0.29) is 17.7 Å². The molecule has 78 valence electrons. The highest BCUT2D eigenvalue weighted by Gasteiger charge is 2.17. The molecule has 0 aromatic heterocycles. The van der Waals surface area contributed by atoms with Crippen molar-refractivity contribution in [3.8, 4) is 6.07 Å². The first-order valence-electron chi connectivity index (χ1n) is 4.09. The SMILES string of the molecule is COC(=O)c1c(C#N)cc(S)cc1CO. The van der Waals surface area contributed by atoms with Gasteiger partial charge in [-0.2, -0.15) is 5.26 Å². The van der Waals surface area contributed by atoms with Gasteiger partial charge in [0.05, 0.1) is 24.8 Å². The summed E-state index contributed by atoms with van der Waals surface area (Å²) in [6.07, 6.45) is 0. The van der Waals surface area contributed by atoms with Crippen LogP contribution in [0, 0.1) is 11.3 Å². The Morgan fingerprint density at radius 2 is 2.33 bits per heavy atom. The molecule has 1 N–H and O–H groups in total. The van der Waals surface area contributed by atoms with Gasteiger partial charge in [0.2, 0.25) is 0 Å². The molecule has 0 radical (unpaired) electrons. The van der Waals surface area contributed by atoms with Crippen molar-refractivity contribution in [1.82, 2.24) is 0 Å². The summed E-state index contributed by atoms with van der Waals surface area (Å²) in [5.41, 5.74) is 0.588. The molecule has 0 aliphatic carbocycles. The van der Waals surface area contributed by atoms with Gasteiger partial charge in [0.15, 0.2) is 0 Å². The van der Waals surface area contributed by atoms with E-state index in [1.165, 1.54) is 19.2 Å². The Balaban J connectivity index is 3.45. The number of thiol groups is 1. The lowest BCUT2D eigenvalue weighted by molar-refractivity contribution is 0.0596. The summed E-state index contributed by atoms with van der Waals surface area (Å²) in [5, 5.41) is 17.9. The molecule has 0 atom stereocenters. The summed E-state index contributed by atoms with van der Waals surface area (Å²) < 4.78 is 4.54. The molecule has 0 unspecified atom stereocenters. The average molecular weight is 223 g/mol. The highest BCUT2D eigenvalue weighted by atomic mass is 32.1. The van der Waals surface area contributed by atoms with Crippen molar-refractivity contribution in [3.05, 3.63) is 28.8 Å². The summed E-state index contributed by atoms with van der Waals surface area (Å²) in [4.78, 5) is 11.9. The second-order valence-electron chi connectivity index (χ2n) is 2.79. The van der Waals surface area contributed by atoms with Gasteiger partial charge in [-0.3, -0.25) is 0 Å². The van der Waals surface area contributed by atoms with E-state index < -0.39 is 5.97 Å². The van der Waals surface area contributed by atoms with E-state index >= 15 is 0 Å². The number of aliphatic hydroxyl groups is 1. The predicted octanol–water partition coefficient (Wildman–Crippen LogP) is 1.13. The summed E-state index contributed by atoms with van der Waals surface area (Å²) in [6.45, 7) is -0.340. The van der Waals surface area contributed by atoms with Crippen LogP contribution in [0.1, 0.15) is 21.5 Å². The molecule has 0 aliphatic heterocycles. The number of ether oxygens (including phenoxy) is 1. The minimum atomic E-state index is -0.635. The number of hydrogen-bond donors (Lipinski definition) is 2. The van der Waals surface area contributed by atoms with Gasteiger partial charge >= 0.3 is 5.97 Å². The molecule has 0 bridgehead atoms. The molecule has 0 saturated heterocycles. The monoisotopic (exact) mass is 223 g/mol. The van der Waals surface area contributed by atoms with E-state index in [0.717, 1.165) is 0 Å². The fourth-order valence-electron chi connectivity index (χ4n) is 1.24. The summed E-state index contributed by atoms with van der Waals surface area (Å²) >= 11 is 4.06. The smallest absolute Gasteiger partial charge is 0.339 e. The molecule has 1 rings (SSSR count). The van der Waals surface area contributed by atoms with Gasteiger partial charge in [-0.25, -0.2) is 4.79 Å². The molecule has 0 spiro atoms. The van der Waals surface area contributed by atoms with Gasteiger partial charge in [0.25, 0.3) is 0 Å². The lowest BCUT2D eigenvalue weighted by Crippen LogP contribution is -2.09. The Labute approximate surface area is 92.5 Å². The number of nitriles is 1. The zero-order valence-corrected chi connectivity index (χ0v) is 8.91. The van der Waals surface area contributed by atoms with Crippen LogP contribution in [-0.4, -0.2) is 18.2 Å². The molecular formula is C10H9NO3S. The van der Waals surface area contributed by atoms with Gasteiger partial charge in [-0.05, 0) is 17.7 Å². The Morgan fingerprint density at radius 1 is 1.67 bits per heavy atom.